The third kappa shape index (κ3) is 3.80. The van der Waals surface area contributed by atoms with Gasteiger partial charge < -0.3 is 9.88 Å². The van der Waals surface area contributed by atoms with Crippen molar-refractivity contribution in [3.63, 3.8) is 0 Å². The normalized spacial score (nSPS) is 11.3. The fourth-order valence-electron chi connectivity index (χ4n) is 3.82. The maximum absolute atomic E-state index is 12.5. The van der Waals surface area contributed by atoms with Crippen LogP contribution in [0, 0.1) is 0 Å². The predicted octanol–water partition coefficient (Wildman–Crippen LogP) is 5.13. The van der Waals surface area contributed by atoms with E-state index in [9.17, 15) is 4.79 Å². The average molecular weight is 428 g/mol. The molecule has 2 heterocycles. The first kappa shape index (κ1) is 19.4. The summed E-state index contributed by atoms with van der Waals surface area (Å²) in [6, 6.07) is 24.2. The van der Waals surface area contributed by atoms with E-state index in [1.54, 1.807) is 11.0 Å². The van der Waals surface area contributed by atoms with E-state index < -0.39 is 0 Å². The van der Waals surface area contributed by atoms with Crippen molar-refractivity contribution in [3.05, 3.63) is 79.1 Å². The number of thioether (sulfide) groups is 1. The number of para-hydroxylation sites is 2. The zero-order chi connectivity index (χ0) is 21.2. The van der Waals surface area contributed by atoms with Gasteiger partial charge in [0.25, 0.3) is 0 Å². The van der Waals surface area contributed by atoms with Crippen molar-refractivity contribution in [1.29, 1.82) is 0 Å². The van der Waals surface area contributed by atoms with Crippen molar-refractivity contribution in [3.8, 4) is 5.69 Å². The van der Waals surface area contributed by atoms with Crippen LogP contribution in [-0.2, 0) is 11.3 Å². The number of aryl methyl sites for hydroxylation is 1. The number of nitrogens with one attached hydrogen (secondary N) is 1. The maximum atomic E-state index is 12.5. The Morgan fingerprint density at radius 3 is 2.58 bits per heavy atom. The lowest BCUT2D eigenvalue weighted by Crippen LogP contribution is -2.14. The van der Waals surface area contributed by atoms with E-state index in [2.05, 4.69) is 57.2 Å². The van der Waals surface area contributed by atoms with E-state index in [1.807, 2.05) is 42.5 Å². The molecule has 5 rings (SSSR count). The van der Waals surface area contributed by atoms with E-state index in [-0.39, 0.29) is 11.7 Å². The Balaban J connectivity index is 1.30. The fourth-order valence-corrected chi connectivity index (χ4v) is 4.42. The van der Waals surface area contributed by atoms with Crippen molar-refractivity contribution in [1.82, 2.24) is 19.3 Å². The highest BCUT2D eigenvalue weighted by molar-refractivity contribution is 7.99. The van der Waals surface area contributed by atoms with Crippen LogP contribution in [0.2, 0.25) is 0 Å². The number of nitrogens with zero attached hydrogens (tertiary/aromatic N) is 4. The standard InChI is InChI=1S/C24H21N5OS/c1-2-28-21-11-7-6-10-19(21)20-14-17(12-13-22(20)28)26-23(30)15-31-24-25-16-29(27-24)18-8-4-3-5-9-18/h3-14,16H,2,15H2,1H3,(H,26,30). The molecular formula is C24H21N5OS. The summed E-state index contributed by atoms with van der Waals surface area (Å²) < 4.78 is 4.00. The Bertz CT molecular complexity index is 1370. The van der Waals surface area contributed by atoms with Crippen molar-refractivity contribution < 1.29 is 4.79 Å². The van der Waals surface area contributed by atoms with Crippen molar-refractivity contribution in [2.24, 2.45) is 0 Å². The summed E-state index contributed by atoms with van der Waals surface area (Å²) >= 11 is 1.32. The lowest BCUT2D eigenvalue weighted by atomic mass is 10.1. The molecule has 7 heteroatoms. The summed E-state index contributed by atoms with van der Waals surface area (Å²) in [5.74, 6) is 0.160. The number of benzene rings is 3. The van der Waals surface area contributed by atoms with E-state index in [0.717, 1.165) is 23.3 Å². The van der Waals surface area contributed by atoms with Gasteiger partial charge in [0.05, 0.1) is 11.4 Å². The lowest BCUT2D eigenvalue weighted by molar-refractivity contribution is -0.113. The first-order valence-corrected chi connectivity index (χ1v) is 11.1. The third-order valence-corrected chi connectivity index (χ3v) is 6.05. The Hall–Kier alpha value is -3.58. The van der Waals surface area contributed by atoms with Gasteiger partial charge in [-0.15, -0.1) is 5.10 Å². The second kappa shape index (κ2) is 8.28. The number of rotatable bonds is 6. The molecule has 5 aromatic rings. The maximum Gasteiger partial charge on any atom is 0.234 e. The quantitative estimate of drug-likeness (QED) is 0.382. The van der Waals surface area contributed by atoms with Gasteiger partial charge in [0.15, 0.2) is 0 Å². The number of carbonyl (C=O) groups excluding carboxylic acids is 1. The predicted molar refractivity (Wildman–Crippen MR) is 126 cm³/mol. The van der Waals surface area contributed by atoms with Gasteiger partial charge in [0.2, 0.25) is 11.1 Å². The summed E-state index contributed by atoms with van der Waals surface area (Å²) in [6.45, 7) is 3.04. The Morgan fingerprint density at radius 1 is 0.968 bits per heavy atom. The molecular weight excluding hydrogens is 406 g/mol. The molecule has 3 aromatic carbocycles. The summed E-state index contributed by atoms with van der Waals surface area (Å²) in [5.41, 5.74) is 4.11. The van der Waals surface area contributed by atoms with Crippen LogP contribution in [0.4, 0.5) is 5.69 Å². The van der Waals surface area contributed by atoms with Crippen LogP contribution in [0.3, 0.4) is 0 Å². The second-order valence-corrected chi connectivity index (χ2v) is 8.08. The van der Waals surface area contributed by atoms with Crippen molar-refractivity contribution in [2.45, 2.75) is 18.6 Å². The van der Waals surface area contributed by atoms with Crippen LogP contribution in [0.5, 0.6) is 0 Å². The zero-order valence-corrected chi connectivity index (χ0v) is 17.8. The molecule has 0 saturated heterocycles. The van der Waals surface area contributed by atoms with Crippen LogP contribution >= 0.6 is 11.8 Å². The molecule has 154 valence electrons. The van der Waals surface area contributed by atoms with Crippen LogP contribution in [-0.4, -0.2) is 31.0 Å². The summed E-state index contributed by atoms with van der Waals surface area (Å²) in [6.07, 6.45) is 1.66. The van der Waals surface area contributed by atoms with E-state index >= 15 is 0 Å². The minimum Gasteiger partial charge on any atom is -0.341 e. The molecule has 0 aliphatic rings. The molecule has 0 radical (unpaired) electrons. The summed E-state index contributed by atoms with van der Waals surface area (Å²) in [4.78, 5) is 16.8. The zero-order valence-electron chi connectivity index (χ0n) is 17.0. The number of hydrogen-bond acceptors (Lipinski definition) is 4. The Morgan fingerprint density at radius 2 is 1.74 bits per heavy atom. The minimum atomic E-state index is -0.0837. The number of hydrogen-bond donors (Lipinski definition) is 1. The molecule has 0 fully saturated rings. The molecule has 0 saturated carbocycles. The Kier molecular flexibility index (Phi) is 5.18. The van der Waals surface area contributed by atoms with E-state index in [0.29, 0.717) is 5.16 Å². The number of amides is 1. The summed E-state index contributed by atoms with van der Waals surface area (Å²) in [5, 5.41) is 10.3. The SMILES string of the molecule is CCn1c2ccccc2c2cc(NC(=O)CSc3ncn(-c4ccccc4)n3)ccc21. The van der Waals surface area contributed by atoms with Crippen molar-refractivity contribution >= 4 is 45.2 Å². The number of anilines is 1. The van der Waals surface area contributed by atoms with Gasteiger partial charge in [-0.05, 0) is 43.3 Å². The van der Waals surface area contributed by atoms with Crippen LogP contribution in [0.1, 0.15) is 6.92 Å². The molecule has 1 amide bonds. The molecule has 2 aromatic heterocycles. The van der Waals surface area contributed by atoms with Crippen LogP contribution in [0.15, 0.2) is 84.3 Å². The van der Waals surface area contributed by atoms with Crippen LogP contribution in [0.25, 0.3) is 27.5 Å². The Labute approximate surface area is 183 Å². The van der Waals surface area contributed by atoms with Crippen LogP contribution < -0.4 is 5.32 Å². The molecule has 1 N–H and O–H groups in total. The first-order valence-electron chi connectivity index (χ1n) is 10.1. The van der Waals surface area contributed by atoms with Gasteiger partial charge in [-0.3, -0.25) is 4.79 Å². The number of carbonyl (C=O) groups is 1. The molecule has 0 aliphatic carbocycles. The van der Waals surface area contributed by atoms with E-state index in [4.69, 9.17) is 0 Å². The largest absolute Gasteiger partial charge is 0.341 e. The summed E-state index contributed by atoms with van der Waals surface area (Å²) in [7, 11) is 0. The molecule has 31 heavy (non-hydrogen) atoms. The van der Waals surface area contributed by atoms with Gasteiger partial charge >= 0.3 is 0 Å². The highest BCUT2D eigenvalue weighted by Crippen LogP contribution is 2.31. The molecule has 0 spiro atoms. The van der Waals surface area contributed by atoms with Gasteiger partial charge in [-0.1, -0.05) is 48.2 Å². The van der Waals surface area contributed by atoms with Gasteiger partial charge in [-0.2, -0.15) is 0 Å². The highest BCUT2D eigenvalue weighted by Gasteiger charge is 2.12. The van der Waals surface area contributed by atoms with Gasteiger partial charge in [0, 0.05) is 34.0 Å². The molecule has 0 unspecified atom stereocenters. The number of aromatic nitrogens is 4. The monoisotopic (exact) mass is 427 g/mol. The second-order valence-electron chi connectivity index (χ2n) is 7.14. The highest BCUT2D eigenvalue weighted by atomic mass is 32.2. The first-order chi connectivity index (χ1) is 15.2. The van der Waals surface area contributed by atoms with Crippen molar-refractivity contribution in [2.75, 3.05) is 11.1 Å². The lowest BCUT2D eigenvalue weighted by Gasteiger charge is -2.06. The molecule has 0 bridgehead atoms. The molecule has 6 nitrogen and oxygen atoms in total. The molecule has 0 atom stereocenters. The fraction of sp³-hybridized carbons (Fsp3) is 0.125. The topological polar surface area (TPSA) is 64.7 Å². The average Bonchev–Trinajstić information content (AvgIpc) is 3.41. The van der Waals surface area contributed by atoms with Gasteiger partial charge in [0.1, 0.15) is 6.33 Å². The number of fused-ring (bicyclic) bond motifs is 3. The molecule has 0 aliphatic heterocycles. The van der Waals surface area contributed by atoms with Gasteiger partial charge in [-0.25, -0.2) is 9.67 Å². The minimum absolute atomic E-state index is 0.0837. The van der Waals surface area contributed by atoms with E-state index in [1.165, 1.54) is 28.2 Å². The third-order valence-electron chi connectivity index (χ3n) is 5.20. The smallest absolute Gasteiger partial charge is 0.234 e.